The summed E-state index contributed by atoms with van der Waals surface area (Å²) in [5, 5.41) is 3.64. The second-order valence-corrected chi connectivity index (χ2v) is 7.78. The molecular formula is C20H18Cl2N2O3. The number of carbonyl (C=O) groups is 2. The summed E-state index contributed by atoms with van der Waals surface area (Å²) in [6.45, 7) is 1.01. The molecule has 2 aliphatic rings. The third-order valence-corrected chi connectivity index (χ3v) is 5.60. The quantitative estimate of drug-likeness (QED) is 0.725. The molecule has 0 atom stereocenters. The van der Waals surface area contributed by atoms with Crippen LogP contribution in [0.4, 0.5) is 10.5 Å². The first-order valence-corrected chi connectivity index (χ1v) is 9.54. The SMILES string of the molecule is O=C1CC2(CCN(C(=O)Nc3ccccc3)CC2)Oc2c(Cl)cc(Cl)cc21. The minimum Gasteiger partial charge on any atom is -0.484 e. The molecule has 2 aromatic carbocycles. The highest BCUT2D eigenvalue weighted by Gasteiger charge is 2.44. The summed E-state index contributed by atoms with van der Waals surface area (Å²) in [7, 11) is 0. The van der Waals surface area contributed by atoms with Gasteiger partial charge >= 0.3 is 6.03 Å². The molecule has 5 nitrogen and oxygen atoms in total. The number of ether oxygens (including phenoxy) is 1. The number of Topliss-reactive ketones (excluding diaryl/α,β-unsaturated/α-hetero) is 1. The molecule has 4 rings (SSSR count). The second-order valence-electron chi connectivity index (χ2n) is 6.93. The molecular weight excluding hydrogens is 387 g/mol. The lowest BCUT2D eigenvalue weighted by molar-refractivity contribution is 0.000455. The zero-order valence-corrected chi connectivity index (χ0v) is 16.0. The molecule has 1 spiro atoms. The first kappa shape index (κ1) is 18.1. The Morgan fingerprint density at radius 3 is 2.52 bits per heavy atom. The van der Waals surface area contributed by atoms with Crippen LogP contribution in [0.2, 0.25) is 10.0 Å². The van der Waals surface area contributed by atoms with Gasteiger partial charge in [0.05, 0.1) is 17.0 Å². The van der Waals surface area contributed by atoms with Gasteiger partial charge in [-0.3, -0.25) is 4.79 Å². The van der Waals surface area contributed by atoms with E-state index in [1.165, 1.54) is 0 Å². The second kappa shape index (κ2) is 7.06. The van der Waals surface area contributed by atoms with Crippen molar-refractivity contribution in [1.29, 1.82) is 0 Å². The van der Waals surface area contributed by atoms with Gasteiger partial charge in [0.2, 0.25) is 0 Å². The molecule has 0 radical (unpaired) electrons. The number of amides is 2. The number of nitrogens with zero attached hydrogens (tertiary/aromatic N) is 1. The Labute approximate surface area is 167 Å². The smallest absolute Gasteiger partial charge is 0.321 e. The Hall–Kier alpha value is -2.24. The molecule has 0 aliphatic carbocycles. The summed E-state index contributed by atoms with van der Waals surface area (Å²) in [4.78, 5) is 26.8. The molecule has 2 heterocycles. The topological polar surface area (TPSA) is 58.6 Å². The number of para-hydroxylation sites is 1. The summed E-state index contributed by atoms with van der Waals surface area (Å²) in [5.74, 6) is 0.377. The molecule has 27 heavy (non-hydrogen) atoms. The third kappa shape index (κ3) is 3.62. The van der Waals surface area contributed by atoms with Gasteiger partial charge < -0.3 is 15.0 Å². The molecule has 0 unspecified atom stereocenters. The van der Waals surface area contributed by atoms with Gasteiger partial charge in [-0.05, 0) is 24.3 Å². The minimum absolute atomic E-state index is 0.0252. The highest BCUT2D eigenvalue weighted by atomic mass is 35.5. The van der Waals surface area contributed by atoms with Gasteiger partial charge in [-0.25, -0.2) is 4.79 Å². The normalized spacial score (nSPS) is 18.0. The van der Waals surface area contributed by atoms with Crippen molar-refractivity contribution in [3.8, 4) is 5.75 Å². The lowest BCUT2D eigenvalue weighted by atomic mass is 9.82. The number of nitrogens with one attached hydrogen (secondary N) is 1. The number of rotatable bonds is 1. The van der Waals surface area contributed by atoms with Gasteiger partial charge in [0, 0.05) is 36.6 Å². The molecule has 1 fully saturated rings. The molecule has 2 aromatic rings. The van der Waals surface area contributed by atoms with Crippen molar-refractivity contribution >= 4 is 40.7 Å². The number of benzene rings is 2. The Bertz CT molecular complexity index is 894. The van der Waals surface area contributed by atoms with E-state index >= 15 is 0 Å². The van der Waals surface area contributed by atoms with E-state index in [9.17, 15) is 9.59 Å². The maximum atomic E-state index is 12.6. The fraction of sp³-hybridized carbons (Fsp3) is 0.300. The van der Waals surface area contributed by atoms with Crippen LogP contribution < -0.4 is 10.1 Å². The highest BCUT2D eigenvalue weighted by Crippen LogP contribution is 2.44. The summed E-state index contributed by atoms with van der Waals surface area (Å²) in [5.41, 5.74) is 0.567. The Kier molecular flexibility index (Phi) is 4.74. The van der Waals surface area contributed by atoms with E-state index in [4.69, 9.17) is 27.9 Å². The fourth-order valence-corrected chi connectivity index (χ4v) is 4.16. The van der Waals surface area contributed by atoms with Crippen molar-refractivity contribution < 1.29 is 14.3 Å². The van der Waals surface area contributed by atoms with Crippen molar-refractivity contribution in [2.24, 2.45) is 0 Å². The van der Waals surface area contributed by atoms with Gasteiger partial charge in [0.1, 0.15) is 11.4 Å². The maximum Gasteiger partial charge on any atom is 0.321 e. The van der Waals surface area contributed by atoms with E-state index in [0.29, 0.717) is 47.3 Å². The number of hydrogen-bond donors (Lipinski definition) is 1. The number of ketones is 1. The van der Waals surface area contributed by atoms with E-state index in [-0.39, 0.29) is 18.2 Å². The molecule has 0 aromatic heterocycles. The number of likely N-dealkylation sites (tertiary alicyclic amines) is 1. The van der Waals surface area contributed by atoms with Crippen LogP contribution in [-0.4, -0.2) is 35.4 Å². The molecule has 0 bridgehead atoms. The molecule has 1 saturated heterocycles. The van der Waals surface area contributed by atoms with Crippen molar-refractivity contribution in [2.45, 2.75) is 24.9 Å². The van der Waals surface area contributed by atoms with Crippen LogP contribution in [0.15, 0.2) is 42.5 Å². The standard InChI is InChI=1S/C20H18Cl2N2O3/c21-13-10-15-17(25)12-20(27-18(15)16(22)11-13)6-8-24(9-7-20)19(26)23-14-4-2-1-3-5-14/h1-5,10-11H,6-9,12H2,(H,23,26). The van der Waals surface area contributed by atoms with Crippen LogP contribution in [0, 0.1) is 0 Å². The molecule has 2 amide bonds. The first-order chi connectivity index (χ1) is 13.0. The van der Waals surface area contributed by atoms with E-state index in [1.807, 2.05) is 30.3 Å². The first-order valence-electron chi connectivity index (χ1n) is 8.78. The number of fused-ring (bicyclic) bond motifs is 1. The van der Waals surface area contributed by atoms with Crippen molar-refractivity contribution in [3.63, 3.8) is 0 Å². The number of piperidine rings is 1. The predicted octanol–water partition coefficient (Wildman–Crippen LogP) is 5.03. The maximum absolute atomic E-state index is 12.6. The van der Waals surface area contributed by atoms with Crippen LogP contribution in [-0.2, 0) is 0 Å². The molecule has 2 aliphatic heterocycles. The minimum atomic E-state index is -0.620. The van der Waals surface area contributed by atoms with E-state index in [2.05, 4.69) is 5.32 Å². The monoisotopic (exact) mass is 404 g/mol. The number of hydrogen-bond acceptors (Lipinski definition) is 3. The zero-order chi connectivity index (χ0) is 19.0. The van der Waals surface area contributed by atoms with Crippen LogP contribution in [0.1, 0.15) is 29.6 Å². The van der Waals surface area contributed by atoms with E-state index in [1.54, 1.807) is 17.0 Å². The van der Waals surface area contributed by atoms with Crippen LogP contribution in [0.5, 0.6) is 5.75 Å². The van der Waals surface area contributed by atoms with Crippen molar-refractivity contribution in [2.75, 3.05) is 18.4 Å². The molecule has 0 saturated carbocycles. The number of halogens is 2. The van der Waals surface area contributed by atoms with Crippen LogP contribution in [0.3, 0.4) is 0 Å². The summed E-state index contributed by atoms with van der Waals surface area (Å²) < 4.78 is 6.19. The largest absolute Gasteiger partial charge is 0.484 e. The molecule has 1 N–H and O–H groups in total. The van der Waals surface area contributed by atoms with E-state index < -0.39 is 5.60 Å². The zero-order valence-electron chi connectivity index (χ0n) is 14.5. The molecule has 140 valence electrons. The Morgan fingerprint density at radius 1 is 1.11 bits per heavy atom. The van der Waals surface area contributed by atoms with Gasteiger partial charge in [-0.2, -0.15) is 0 Å². The predicted molar refractivity (Wildman–Crippen MR) is 105 cm³/mol. The average molecular weight is 405 g/mol. The van der Waals surface area contributed by atoms with Crippen LogP contribution in [0.25, 0.3) is 0 Å². The fourth-order valence-electron chi connectivity index (χ4n) is 3.63. The number of urea groups is 1. The van der Waals surface area contributed by atoms with Crippen LogP contribution >= 0.6 is 23.2 Å². The van der Waals surface area contributed by atoms with Gasteiger partial charge in [0.25, 0.3) is 0 Å². The molecule has 7 heteroatoms. The van der Waals surface area contributed by atoms with Gasteiger partial charge in [0.15, 0.2) is 5.78 Å². The third-order valence-electron chi connectivity index (χ3n) is 5.10. The van der Waals surface area contributed by atoms with Gasteiger partial charge in [-0.1, -0.05) is 41.4 Å². The lowest BCUT2D eigenvalue weighted by Crippen LogP contribution is -2.53. The van der Waals surface area contributed by atoms with Crippen molar-refractivity contribution in [3.05, 3.63) is 58.1 Å². The number of anilines is 1. The summed E-state index contributed by atoms with van der Waals surface area (Å²) >= 11 is 12.3. The lowest BCUT2D eigenvalue weighted by Gasteiger charge is -2.44. The van der Waals surface area contributed by atoms with Crippen molar-refractivity contribution in [1.82, 2.24) is 4.90 Å². The Balaban J connectivity index is 1.46. The summed E-state index contributed by atoms with van der Waals surface area (Å²) in [6, 6.07) is 12.4. The summed E-state index contributed by atoms with van der Waals surface area (Å²) in [6.07, 6.45) is 1.41. The Morgan fingerprint density at radius 2 is 1.81 bits per heavy atom. The van der Waals surface area contributed by atoms with E-state index in [0.717, 1.165) is 5.69 Å². The van der Waals surface area contributed by atoms with Gasteiger partial charge in [-0.15, -0.1) is 0 Å². The highest BCUT2D eigenvalue weighted by molar-refractivity contribution is 6.36. The average Bonchev–Trinajstić information content (AvgIpc) is 2.64. The number of carbonyl (C=O) groups excluding carboxylic acids is 2.